The number of esters is 1. The van der Waals surface area contributed by atoms with Gasteiger partial charge in [-0.05, 0) is 44.5 Å². The van der Waals surface area contributed by atoms with Crippen molar-refractivity contribution in [2.75, 3.05) is 0 Å². The number of Topliss-reactive ketones (excluding diaryl/α,β-unsaturated/α-hetero) is 1. The third-order valence-electron chi connectivity index (χ3n) is 3.55. The summed E-state index contributed by atoms with van der Waals surface area (Å²) >= 11 is 3.30. The highest BCUT2D eigenvalue weighted by Gasteiger charge is 2.33. The number of carbonyl (C=O) groups is 3. The summed E-state index contributed by atoms with van der Waals surface area (Å²) in [5, 5.41) is 2.69. The molecule has 0 saturated heterocycles. The predicted octanol–water partition coefficient (Wildman–Crippen LogP) is 4.17. The first kappa shape index (κ1) is 21.6. The van der Waals surface area contributed by atoms with Crippen molar-refractivity contribution in [2.24, 2.45) is 0 Å². The van der Waals surface area contributed by atoms with E-state index in [1.165, 1.54) is 6.08 Å². The van der Waals surface area contributed by atoms with Gasteiger partial charge < -0.3 is 10.1 Å². The molecule has 0 fully saturated rings. The van der Waals surface area contributed by atoms with Gasteiger partial charge in [0.25, 0.3) is 5.91 Å². The summed E-state index contributed by atoms with van der Waals surface area (Å²) in [5.41, 5.74) is 0.494. The number of hydrogen-bond acceptors (Lipinski definition) is 4. The number of rotatable bonds is 6. The lowest BCUT2D eigenvalue weighted by Crippen LogP contribution is -2.50. The Kier molecular flexibility index (Phi) is 7.29. The second-order valence-electron chi connectivity index (χ2n) is 7.17. The first-order valence-corrected chi connectivity index (χ1v) is 9.50. The quantitative estimate of drug-likeness (QED) is 0.314. The number of ether oxygens (including phenoxy) is 1. The Hall–Kier alpha value is -2.73. The van der Waals surface area contributed by atoms with E-state index in [0.29, 0.717) is 0 Å². The molecule has 0 saturated carbocycles. The zero-order chi connectivity index (χ0) is 20.7. The summed E-state index contributed by atoms with van der Waals surface area (Å²) in [6.07, 6.45) is 1.18. The smallest absolute Gasteiger partial charge is 0.332 e. The molecule has 1 unspecified atom stereocenters. The fraction of sp³-hybridized carbons (Fsp3) is 0.227. The van der Waals surface area contributed by atoms with Crippen LogP contribution in [-0.4, -0.2) is 29.3 Å². The molecule has 0 radical (unpaired) electrons. The average Bonchev–Trinajstić information content (AvgIpc) is 2.64. The van der Waals surface area contributed by atoms with E-state index in [0.717, 1.165) is 10.0 Å². The second-order valence-corrected chi connectivity index (χ2v) is 8.09. The fourth-order valence-electron chi connectivity index (χ4n) is 2.31. The molecule has 2 aromatic carbocycles. The maximum Gasteiger partial charge on any atom is 0.332 e. The molecule has 28 heavy (non-hydrogen) atoms. The molecule has 1 atom stereocenters. The lowest BCUT2D eigenvalue weighted by molar-refractivity contribution is -0.149. The van der Waals surface area contributed by atoms with Crippen molar-refractivity contribution in [1.82, 2.24) is 5.32 Å². The summed E-state index contributed by atoms with van der Waals surface area (Å²) in [5.74, 6) is -2.03. The third-order valence-corrected chi connectivity index (χ3v) is 4.08. The van der Waals surface area contributed by atoms with Crippen molar-refractivity contribution in [3.8, 4) is 0 Å². The lowest BCUT2D eigenvalue weighted by Gasteiger charge is -2.24. The second kappa shape index (κ2) is 9.46. The van der Waals surface area contributed by atoms with E-state index in [1.807, 2.05) is 30.3 Å². The summed E-state index contributed by atoms with van der Waals surface area (Å²) in [6, 6.07) is 15.7. The molecule has 2 rings (SSSR count). The van der Waals surface area contributed by atoms with Crippen LogP contribution in [0.3, 0.4) is 0 Å². The Morgan fingerprint density at radius 3 is 2.18 bits per heavy atom. The minimum atomic E-state index is -1.58. The first-order valence-electron chi connectivity index (χ1n) is 8.71. The van der Waals surface area contributed by atoms with Crippen LogP contribution in [0.15, 0.2) is 65.1 Å². The van der Waals surface area contributed by atoms with Gasteiger partial charge >= 0.3 is 5.97 Å². The van der Waals surface area contributed by atoms with Gasteiger partial charge in [0.05, 0.1) is 0 Å². The Morgan fingerprint density at radius 1 is 1.00 bits per heavy atom. The Bertz CT molecular complexity index is 868. The standard InChI is InChI=1S/C22H22BrNO4/c1-22(2,3)24-21(27)20(19(26)16-10-12-17(23)13-11-16)28-18(25)14-9-15-7-5-4-6-8-15/h4-14,20H,1-3H3,(H,24,27)/b14-9+. The van der Waals surface area contributed by atoms with Crippen molar-refractivity contribution in [3.63, 3.8) is 0 Å². The molecule has 2 aromatic rings. The monoisotopic (exact) mass is 443 g/mol. The van der Waals surface area contributed by atoms with Gasteiger partial charge in [0.2, 0.25) is 11.9 Å². The number of hydrogen-bond donors (Lipinski definition) is 1. The van der Waals surface area contributed by atoms with E-state index >= 15 is 0 Å². The normalized spacial score (nSPS) is 12.4. The number of benzene rings is 2. The molecule has 0 heterocycles. The molecule has 0 aliphatic carbocycles. The summed E-state index contributed by atoms with van der Waals surface area (Å²) < 4.78 is 6.02. The van der Waals surface area contributed by atoms with E-state index in [1.54, 1.807) is 51.1 Å². The summed E-state index contributed by atoms with van der Waals surface area (Å²) in [6.45, 7) is 5.34. The molecule has 0 bridgehead atoms. The van der Waals surface area contributed by atoms with Crippen LogP contribution in [0.2, 0.25) is 0 Å². The Labute approximate surface area is 172 Å². The number of nitrogens with one attached hydrogen (secondary N) is 1. The van der Waals surface area contributed by atoms with Gasteiger partial charge in [-0.3, -0.25) is 9.59 Å². The van der Waals surface area contributed by atoms with Crippen LogP contribution >= 0.6 is 15.9 Å². The summed E-state index contributed by atoms with van der Waals surface area (Å²) in [4.78, 5) is 37.7. The lowest BCUT2D eigenvalue weighted by atomic mass is 10.0. The van der Waals surface area contributed by atoms with Gasteiger partial charge in [0.1, 0.15) is 0 Å². The van der Waals surface area contributed by atoms with Gasteiger partial charge in [-0.25, -0.2) is 4.79 Å². The van der Waals surface area contributed by atoms with E-state index < -0.39 is 29.3 Å². The molecule has 0 aliphatic heterocycles. The largest absolute Gasteiger partial charge is 0.441 e. The highest BCUT2D eigenvalue weighted by Crippen LogP contribution is 2.14. The number of amides is 1. The first-order chi connectivity index (χ1) is 13.2. The van der Waals surface area contributed by atoms with Gasteiger partial charge in [0, 0.05) is 21.7 Å². The Morgan fingerprint density at radius 2 is 1.61 bits per heavy atom. The molecule has 0 spiro atoms. The highest BCUT2D eigenvalue weighted by atomic mass is 79.9. The van der Waals surface area contributed by atoms with E-state index in [-0.39, 0.29) is 5.56 Å². The SMILES string of the molecule is CC(C)(C)NC(=O)C(OC(=O)/C=C/c1ccccc1)C(=O)c1ccc(Br)cc1. The molecule has 1 amide bonds. The number of carbonyl (C=O) groups excluding carboxylic acids is 3. The van der Waals surface area contributed by atoms with Gasteiger partial charge in [-0.1, -0.05) is 58.4 Å². The third kappa shape index (κ3) is 6.78. The van der Waals surface area contributed by atoms with E-state index in [4.69, 9.17) is 4.74 Å². The van der Waals surface area contributed by atoms with Crippen molar-refractivity contribution < 1.29 is 19.1 Å². The molecule has 146 valence electrons. The topological polar surface area (TPSA) is 72.5 Å². The van der Waals surface area contributed by atoms with Gasteiger partial charge in [-0.15, -0.1) is 0 Å². The predicted molar refractivity (Wildman–Crippen MR) is 112 cm³/mol. The van der Waals surface area contributed by atoms with Crippen molar-refractivity contribution in [1.29, 1.82) is 0 Å². The van der Waals surface area contributed by atoms with Crippen molar-refractivity contribution in [3.05, 3.63) is 76.3 Å². The maximum atomic E-state index is 12.8. The highest BCUT2D eigenvalue weighted by molar-refractivity contribution is 9.10. The number of ketones is 1. The molecular formula is C22H22BrNO4. The van der Waals surface area contributed by atoms with Crippen molar-refractivity contribution in [2.45, 2.75) is 32.4 Å². The van der Waals surface area contributed by atoms with E-state index in [9.17, 15) is 14.4 Å². The molecule has 5 nitrogen and oxygen atoms in total. The van der Waals surface area contributed by atoms with Crippen LogP contribution in [0.5, 0.6) is 0 Å². The maximum absolute atomic E-state index is 12.8. The zero-order valence-electron chi connectivity index (χ0n) is 15.9. The van der Waals surface area contributed by atoms with Crippen LogP contribution in [0, 0.1) is 0 Å². The average molecular weight is 444 g/mol. The van der Waals surface area contributed by atoms with Crippen molar-refractivity contribution >= 4 is 39.7 Å². The van der Waals surface area contributed by atoms with Crippen LogP contribution in [0.4, 0.5) is 0 Å². The fourth-order valence-corrected chi connectivity index (χ4v) is 2.57. The van der Waals surface area contributed by atoms with Gasteiger partial charge in [0.15, 0.2) is 0 Å². The van der Waals surface area contributed by atoms with Gasteiger partial charge in [-0.2, -0.15) is 0 Å². The summed E-state index contributed by atoms with van der Waals surface area (Å²) in [7, 11) is 0. The zero-order valence-corrected chi connectivity index (χ0v) is 17.5. The minimum absolute atomic E-state index is 0.275. The Balaban J connectivity index is 2.21. The molecule has 6 heteroatoms. The molecule has 0 aliphatic rings. The molecular weight excluding hydrogens is 422 g/mol. The molecule has 0 aromatic heterocycles. The van der Waals surface area contributed by atoms with Crippen LogP contribution in [-0.2, 0) is 14.3 Å². The van der Waals surface area contributed by atoms with Crippen LogP contribution in [0.25, 0.3) is 6.08 Å². The molecule has 1 N–H and O–H groups in total. The van der Waals surface area contributed by atoms with Crippen LogP contribution in [0.1, 0.15) is 36.7 Å². The van der Waals surface area contributed by atoms with E-state index in [2.05, 4.69) is 21.2 Å². The number of halogens is 1. The van der Waals surface area contributed by atoms with Crippen LogP contribution < -0.4 is 5.32 Å². The minimum Gasteiger partial charge on any atom is -0.441 e.